The SMILES string of the molecule is CCCCCCCCCCCCCCCCCC[N+](C)(C)CCC[Si](O)(O)O.Cl.N.[Cl-]. The summed E-state index contributed by atoms with van der Waals surface area (Å²) in [4.78, 5) is 27.2. The molecule has 0 heterocycles. The zero-order chi connectivity index (χ0) is 21.1. The number of nitrogens with zero attached hydrogens (tertiary/aromatic N) is 1. The van der Waals surface area contributed by atoms with Crippen LogP contribution in [0.5, 0.6) is 0 Å². The molecule has 0 spiro atoms. The summed E-state index contributed by atoms with van der Waals surface area (Å²) in [7, 11) is 0.547. The van der Waals surface area contributed by atoms with Crippen LogP contribution in [-0.2, 0) is 0 Å². The van der Waals surface area contributed by atoms with E-state index in [9.17, 15) is 0 Å². The van der Waals surface area contributed by atoms with Crippen LogP contribution in [0.25, 0.3) is 0 Å². The van der Waals surface area contributed by atoms with Crippen LogP contribution < -0.4 is 18.6 Å². The molecule has 0 unspecified atom stereocenters. The van der Waals surface area contributed by atoms with Crippen molar-refractivity contribution in [2.75, 3.05) is 27.2 Å². The summed E-state index contributed by atoms with van der Waals surface area (Å²) in [5.41, 5.74) is 0. The second-order valence-corrected chi connectivity index (χ2v) is 11.6. The average Bonchev–Trinajstić information content (AvgIpc) is 2.60. The quantitative estimate of drug-likeness (QED) is 0.109. The molecule has 6 N–H and O–H groups in total. The predicted molar refractivity (Wildman–Crippen MR) is 135 cm³/mol. The first kappa shape index (κ1) is 38.8. The fourth-order valence-corrected chi connectivity index (χ4v) is 4.58. The van der Waals surface area contributed by atoms with Crippen molar-refractivity contribution >= 4 is 21.2 Å². The summed E-state index contributed by atoms with van der Waals surface area (Å²) in [6, 6.07) is 0.160. The van der Waals surface area contributed by atoms with E-state index in [4.69, 9.17) is 14.4 Å². The summed E-state index contributed by atoms with van der Waals surface area (Å²) >= 11 is 0. The first-order valence-corrected chi connectivity index (χ1v) is 14.3. The number of unbranched alkanes of at least 4 members (excludes halogenated alkanes) is 15. The van der Waals surface area contributed by atoms with Crippen molar-refractivity contribution in [2.24, 2.45) is 0 Å². The molecule has 0 rings (SSSR count). The van der Waals surface area contributed by atoms with Gasteiger partial charge < -0.3 is 37.4 Å². The van der Waals surface area contributed by atoms with Gasteiger partial charge in [-0.2, -0.15) is 0 Å². The summed E-state index contributed by atoms with van der Waals surface area (Å²) in [5.74, 6) is 0. The van der Waals surface area contributed by atoms with Crippen molar-refractivity contribution in [1.29, 1.82) is 0 Å². The van der Waals surface area contributed by atoms with Crippen LogP contribution >= 0.6 is 12.4 Å². The Morgan fingerprint density at radius 2 is 0.839 bits per heavy atom. The highest BCUT2D eigenvalue weighted by atomic mass is 35.5. The molecule has 0 aliphatic heterocycles. The fourth-order valence-electron chi connectivity index (χ4n) is 3.94. The normalized spacial score (nSPS) is 11.4. The lowest BCUT2D eigenvalue weighted by atomic mass is 10.0. The zero-order valence-corrected chi connectivity index (χ0v) is 23.5. The maximum Gasteiger partial charge on any atom is 0.492 e. The van der Waals surface area contributed by atoms with Crippen LogP contribution in [0.3, 0.4) is 0 Å². The van der Waals surface area contributed by atoms with E-state index in [0.717, 1.165) is 17.6 Å². The number of rotatable bonds is 21. The number of halogens is 2. The van der Waals surface area contributed by atoms with Crippen LogP contribution in [0.4, 0.5) is 0 Å². The molecule has 0 saturated heterocycles. The molecule has 0 aromatic rings. The number of quaternary nitrogens is 1. The lowest BCUT2D eigenvalue weighted by molar-refractivity contribution is -0.890. The molecule has 0 bridgehead atoms. The van der Waals surface area contributed by atoms with Crippen LogP contribution in [0.1, 0.15) is 116 Å². The second-order valence-electron chi connectivity index (χ2n) is 9.56. The monoisotopic (exact) mass is 506 g/mol. The lowest BCUT2D eigenvalue weighted by Gasteiger charge is -2.30. The first-order valence-electron chi connectivity index (χ1n) is 12.3. The Morgan fingerprint density at radius 1 is 0.548 bits per heavy atom. The lowest BCUT2D eigenvalue weighted by Crippen LogP contribution is -3.00. The Kier molecular flexibility index (Phi) is 31.6. The Bertz CT molecular complexity index is 347. The van der Waals surface area contributed by atoms with Crippen molar-refractivity contribution < 1.29 is 31.3 Å². The predicted octanol–water partition coefficient (Wildman–Crippen LogP) is 3.22. The van der Waals surface area contributed by atoms with E-state index in [1.807, 2.05) is 0 Å². The van der Waals surface area contributed by atoms with Gasteiger partial charge in [0.2, 0.25) is 0 Å². The molecule has 0 fully saturated rings. The van der Waals surface area contributed by atoms with E-state index < -0.39 is 8.80 Å². The third-order valence-corrected chi connectivity index (χ3v) is 6.92. The van der Waals surface area contributed by atoms with Gasteiger partial charge in [0.1, 0.15) is 0 Å². The molecule has 194 valence electrons. The van der Waals surface area contributed by atoms with Gasteiger partial charge in [-0.3, -0.25) is 0 Å². The van der Waals surface area contributed by atoms with Gasteiger partial charge in [-0.1, -0.05) is 96.8 Å². The summed E-state index contributed by atoms with van der Waals surface area (Å²) in [6.45, 7) is 4.31. The topological polar surface area (TPSA) is 95.7 Å². The van der Waals surface area contributed by atoms with Gasteiger partial charge >= 0.3 is 8.80 Å². The molecule has 0 aromatic heterocycles. The molecule has 0 aromatic carbocycles. The zero-order valence-electron chi connectivity index (χ0n) is 20.9. The molecular weight excluding hydrogens is 451 g/mol. The van der Waals surface area contributed by atoms with E-state index in [-0.39, 0.29) is 37.0 Å². The van der Waals surface area contributed by atoms with Gasteiger partial charge in [-0.15, -0.1) is 12.4 Å². The van der Waals surface area contributed by atoms with Crippen molar-refractivity contribution in [3.8, 4) is 0 Å². The van der Waals surface area contributed by atoms with Crippen LogP contribution in [0, 0.1) is 0 Å². The van der Waals surface area contributed by atoms with Crippen molar-refractivity contribution in [3.63, 3.8) is 0 Å². The molecule has 0 amide bonds. The van der Waals surface area contributed by atoms with Gasteiger partial charge in [0.15, 0.2) is 0 Å². The van der Waals surface area contributed by atoms with E-state index in [1.54, 1.807) is 0 Å². The van der Waals surface area contributed by atoms with Gasteiger partial charge in [0.05, 0.1) is 27.2 Å². The molecule has 8 heteroatoms. The van der Waals surface area contributed by atoms with Gasteiger partial charge in [-0.25, -0.2) is 0 Å². The summed E-state index contributed by atoms with van der Waals surface area (Å²) in [5, 5.41) is 0. The van der Waals surface area contributed by atoms with Crippen molar-refractivity contribution in [1.82, 2.24) is 6.15 Å². The second kappa shape index (κ2) is 25.2. The van der Waals surface area contributed by atoms with Crippen LogP contribution in [0.2, 0.25) is 6.04 Å². The third-order valence-electron chi connectivity index (χ3n) is 5.89. The molecular formula is C23H56Cl2N2O3Si. The van der Waals surface area contributed by atoms with E-state index >= 15 is 0 Å². The van der Waals surface area contributed by atoms with Crippen LogP contribution in [-0.4, -0.2) is 54.9 Å². The van der Waals surface area contributed by atoms with Gasteiger partial charge in [-0.05, 0) is 12.8 Å². The Balaban J connectivity index is -0.00000121. The minimum Gasteiger partial charge on any atom is -1.00 e. The maximum atomic E-state index is 9.08. The standard InChI is InChI=1S/C23H52NO3Si.2ClH.H3N/c1-4-5-6-7-8-9-10-11-12-13-14-15-16-17-18-19-21-24(2,3)22-20-23-28(25,26)27;;;/h25-27H,4-23H2,1-3H3;2*1H;1H3/q+1;;;/p-1. The molecule has 0 atom stereocenters. The summed E-state index contributed by atoms with van der Waals surface area (Å²) in [6.07, 6.45) is 23.0. The minimum absolute atomic E-state index is 0. The Labute approximate surface area is 207 Å². The first-order chi connectivity index (χ1) is 13.3. The molecule has 0 radical (unpaired) electrons. The Hall–Kier alpha value is 0.597. The van der Waals surface area contributed by atoms with E-state index in [1.165, 1.54) is 103 Å². The minimum atomic E-state index is -3.84. The third kappa shape index (κ3) is 32.9. The van der Waals surface area contributed by atoms with Crippen molar-refractivity contribution in [3.05, 3.63) is 0 Å². The highest BCUT2D eigenvalue weighted by Crippen LogP contribution is 2.14. The molecule has 0 aliphatic rings. The summed E-state index contributed by atoms with van der Waals surface area (Å²) < 4.78 is 0.906. The average molecular weight is 508 g/mol. The molecule has 0 saturated carbocycles. The smallest absolute Gasteiger partial charge is 0.492 e. The van der Waals surface area contributed by atoms with E-state index in [0.29, 0.717) is 6.42 Å². The van der Waals surface area contributed by atoms with Gasteiger partial charge in [0, 0.05) is 12.5 Å². The molecule has 31 heavy (non-hydrogen) atoms. The highest BCUT2D eigenvalue weighted by molar-refractivity contribution is 6.56. The maximum absolute atomic E-state index is 9.08. The van der Waals surface area contributed by atoms with Crippen molar-refractivity contribution in [2.45, 2.75) is 122 Å². The number of hydrogen-bond acceptors (Lipinski definition) is 4. The largest absolute Gasteiger partial charge is 1.00 e. The van der Waals surface area contributed by atoms with E-state index in [2.05, 4.69) is 21.0 Å². The Morgan fingerprint density at radius 3 is 1.16 bits per heavy atom. The molecule has 5 nitrogen and oxygen atoms in total. The van der Waals surface area contributed by atoms with Gasteiger partial charge in [0.25, 0.3) is 0 Å². The number of hydrogen-bond donors (Lipinski definition) is 4. The fraction of sp³-hybridized carbons (Fsp3) is 1.00. The van der Waals surface area contributed by atoms with Crippen LogP contribution in [0.15, 0.2) is 0 Å². The highest BCUT2D eigenvalue weighted by Gasteiger charge is 2.27. The molecule has 0 aliphatic carbocycles.